The van der Waals surface area contributed by atoms with Crippen LogP contribution in [-0.2, 0) is 9.59 Å². The quantitative estimate of drug-likeness (QED) is 0.232. The van der Waals surface area contributed by atoms with Gasteiger partial charge in [-0.15, -0.1) is 0 Å². The van der Waals surface area contributed by atoms with Crippen LogP contribution >= 0.6 is 0 Å². The Kier molecular flexibility index (Phi) is 21.4. The van der Waals surface area contributed by atoms with E-state index < -0.39 is 24.0 Å². The molecule has 0 radical (unpaired) electrons. The molecule has 0 aromatic carbocycles. The fraction of sp³-hybridized carbons (Fsp3) is 0.833. The molecule has 0 spiro atoms. The number of unbranched alkanes of at least 4 members (excludes halogenated alkanes) is 2. The minimum absolute atomic E-state index is 0. The minimum Gasteiger partial charge on any atom is -0.548 e. The van der Waals surface area contributed by atoms with Gasteiger partial charge in [-0.05, 0) is 38.8 Å². The fourth-order valence-electron chi connectivity index (χ4n) is 1.25. The van der Waals surface area contributed by atoms with Crippen LogP contribution in [0.25, 0.3) is 0 Å². The van der Waals surface area contributed by atoms with Crippen LogP contribution in [0.4, 0.5) is 0 Å². The number of hydrogen-bond donors (Lipinski definition) is 4. The molecule has 0 amide bonds. The van der Waals surface area contributed by atoms with Gasteiger partial charge in [-0.25, -0.2) is 0 Å². The summed E-state index contributed by atoms with van der Waals surface area (Å²) in [4.78, 5) is 20.1. The van der Waals surface area contributed by atoms with E-state index in [9.17, 15) is 19.8 Å². The zero-order valence-corrected chi connectivity index (χ0v) is 13.9. The summed E-state index contributed by atoms with van der Waals surface area (Å²) in [6.45, 7) is 1.17. The van der Waals surface area contributed by atoms with E-state index in [1.165, 1.54) is 0 Å². The SMILES string of the molecule is NCCCCC(N)C(=O)[O-].NCCCCC(N)C(=O)[O-].[Mg+2]. The topological polar surface area (TPSA) is 184 Å². The number of hydrogen-bond acceptors (Lipinski definition) is 8. The van der Waals surface area contributed by atoms with Gasteiger partial charge >= 0.3 is 23.1 Å². The minimum atomic E-state index is -1.18. The third-order valence-electron chi connectivity index (χ3n) is 2.54. The first-order chi connectivity index (χ1) is 9.36. The number of rotatable bonds is 10. The summed E-state index contributed by atoms with van der Waals surface area (Å²) in [6.07, 6.45) is 4.07. The van der Waals surface area contributed by atoms with Crippen molar-refractivity contribution in [1.29, 1.82) is 0 Å². The summed E-state index contributed by atoms with van der Waals surface area (Å²) in [7, 11) is 0. The van der Waals surface area contributed by atoms with Crippen molar-refractivity contribution in [3.8, 4) is 0 Å². The molecule has 2 atom stereocenters. The van der Waals surface area contributed by atoms with Crippen LogP contribution in [0.3, 0.4) is 0 Å². The zero-order valence-electron chi connectivity index (χ0n) is 12.5. The average Bonchev–Trinajstić information content (AvgIpc) is 2.39. The Hall–Kier alpha value is -0.454. The van der Waals surface area contributed by atoms with E-state index in [1.54, 1.807) is 0 Å². The Morgan fingerprint density at radius 1 is 0.762 bits per heavy atom. The van der Waals surface area contributed by atoms with Crippen LogP contribution in [0.1, 0.15) is 38.5 Å². The number of carbonyl (C=O) groups is 2. The van der Waals surface area contributed by atoms with Crippen molar-refractivity contribution in [3.63, 3.8) is 0 Å². The molecule has 21 heavy (non-hydrogen) atoms. The van der Waals surface area contributed by atoms with Gasteiger partial charge < -0.3 is 42.7 Å². The van der Waals surface area contributed by atoms with E-state index in [-0.39, 0.29) is 23.1 Å². The summed E-state index contributed by atoms with van der Waals surface area (Å²) in [6, 6.07) is -1.65. The van der Waals surface area contributed by atoms with Crippen molar-refractivity contribution >= 4 is 35.0 Å². The molecule has 0 rings (SSSR count). The number of carboxylic acid groups (broad SMARTS) is 2. The molecule has 0 fully saturated rings. The molecule has 9 heteroatoms. The summed E-state index contributed by atoms with van der Waals surface area (Å²) in [5.74, 6) is -2.37. The first-order valence-electron chi connectivity index (χ1n) is 6.69. The molecule has 120 valence electrons. The molecule has 2 unspecified atom stereocenters. The molecular formula is C12H26MgN4O4. The van der Waals surface area contributed by atoms with Gasteiger partial charge in [0.25, 0.3) is 0 Å². The molecule has 0 aliphatic rings. The summed E-state index contributed by atoms with van der Waals surface area (Å²) in [5, 5.41) is 20.1. The second kappa shape index (κ2) is 17.6. The molecule has 0 aromatic heterocycles. The number of aliphatic carboxylic acids is 2. The monoisotopic (exact) mass is 314 g/mol. The molecule has 0 aliphatic carbocycles. The maximum absolute atomic E-state index is 10.0. The smallest absolute Gasteiger partial charge is 0.548 e. The second-order valence-electron chi connectivity index (χ2n) is 4.42. The predicted molar refractivity (Wildman–Crippen MR) is 77.5 cm³/mol. The molecule has 0 saturated carbocycles. The van der Waals surface area contributed by atoms with Gasteiger partial charge in [-0.1, -0.05) is 12.8 Å². The van der Waals surface area contributed by atoms with E-state index in [2.05, 4.69) is 0 Å². The summed E-state index contributed by atoms with van der Waals surface area (Å²) in [5.41, 5.74) is 20.7. The van der Waals surface area contributed by atoms with Crippen molar-refractivity contribution < 1.29 is 19.8 Å². The molecule has 0 saturated heterocycles. The standard InChI is InChI=1S/2C6H14N2O2.Mg/c2*7-4-2-1-3-5(8)6(9)10;/h2*5H,1-4,7-8H2,(H,9,10);/q;;+2/p-2. The van der Waals surface area contributed by atoms with Crippen molar-refractivity contribution in [2.75, 3.05) is 13.1 Å². The third-order valence-corrected chi connectivity index (χ3v) is 2.54. The molecular weight excluding hydrogens is 288 g/mol. The van der Waals surface area contributed by atoms with Gasteiger partial charge in [0, 0.05) is 12.1 Å². The summed E-state index contributed by atoms with van der Waals surface area (Å²) < 4.78 is 0. The maximum Gasteiger partial charge on any atom is 2.00 e. The first kappa shape index (κ1) is 25.5. The van der Waals surface area contributed by atoms with Gasteiger partial charge in [-0.2, -0.15) is 0 Å². The number of carbonyl (C=O) groups excluding carboxylic acids is 2. The van der Waals surface area contributed by atoms with Crippen LogP contribution in [0.5, 0.6) is 0 Å². The number of carboxylic acids is 2. The summed E-state index contributed by atoms with van der Waals surface area (Å²) >= 11 is 0. The maximum atomic E-state index is 10.0. The van der Waals surface area contributed by atoms with Crippen LogP contribution in [-0.4, -0.2) is 60.2 Å². The van der Waals surface area contributed by atoms with Crippen LogP contribution in [0, 0.1) is 0 Å². The van der Waals surface area contributed by atoms with Crippen molar-refractivity contribution in [3.05, 3.63) is 0 Å². The van der Waals surface area contributed by atoms with Crippen LogP contribution in [0.15, 0.2) is 0 Å². The van der Waals surface area contributed by atoms with Gasteiger partial charge in [0.1, 0.15) is 0 Å². The average molecular weight is 315 g/mol. The largest absolute Gasteiger partial charge is 2.00 e. The van der Waals surface area contributed by atoms with Crippen LogP contribution < -0.4 is 33.1 Å². The van der Waals surface area contributed by atoms with Gasteiger partial charge in [0.15, 0.2) is 0 Å². The van der Waals surface area contributed by atoms with Gasteiger partial charge in [-0.3, -0.25) is 0 Å². The Morgan fingerprint density at radius 2 is 1.05 bits per heavy atom. The Morgan fingerprint density at radius 3 is 1.24 bits per heavy atom. The van der Waals surface area contributed by atoms with E-state index in [0.717, 1.165) is 25.7 Å². The molecule has 8 nitrogen and oxygen atoms in total. The molecule has 0 aromatic rings. The molecule has 0 heterocycles. The van der Waals surface area contributed by atoms with E-state index in [4.69, 9.17) is 22.9 Å². The van der Waals surface area contributed by atoms with Crippen LogP contribution in [0.2, 0.25) is 0 Å². The Bertz CT molecular complexity index is 244. The molecule has 0 bridgehead atoms. The van der Waals surface area contributed by atoms with Gasteiger partial charge in [0.2, 0.25) is 0 Å². The van der Waals surface area contributed by atoms with Crippen molar-refractivity contribution in [2.45, 2.75) is 50.6 Å². The van der Waals surface area contributed by atoms with Crippen molar-refractivity contribution in [2.24, 2.45) is 22.9 Å². The van der Waals surface area contributed by atoms with Crippen molar-refractivity contribution in [1.82, 2.24) is 0 Å². The number of nitrogens with two attached hydrogens (primary N) is 4. The normalized spacial score (nSPS) is 12.4. The van der Waals surface area contributed by atoms with E-state index in [0.29, 0.717) is 25.9 Å². The Labute approximate surface area is 141 Å². The first-order valence-corrected chi connectivity index (χ1v) is 6.69. The fourth-order valence-corrected chi connectivity index (χ4v) is 1.25. The van der Waals surface area contributed by atoms with E-state index >= 15 is 0 Å². The second-order valence-corrected chi connectivity index (χ2v) is 4.42. The Balaban J connectivity index is -0.000000295. The van der Waals surface area contributed by atoms with Gasteiger partial charge in [0.05, 0.1) is 11.9 Å². The molecule has 0 aliphatic heterocycles. The predicted octanol–water partition coefficient (Wildman–Crippen LogP) is -4.00. The molecule has 8 N–H and O–H groups in total. The van der Waals surface area contributed by atoms with E-state index in [1.807, 2.05) is 0 Å². The third kappa shape index (κ3) is 19.5. The zero-order chi connectivity index (χ0) is 16.0.